The molecule has 0 radical (unpaired) electrons. The zero-order valence-corrected chi connectivity index (χ0v) is 15.0. The minimum absolute atomic E-state index is 0.140. The third-order valence-electron chi connectivity index (χ3n) is 7.67. The van der Waals surface area contributed by atoms with E-state index in [1.54, 1.807) is 0 Å². The molecule has 2 heteroatoms. The lowest BCUT2D eigenvalue weighted by atomic mass is 9.70. The van der Waals surface area contributed by atoms with Crippen LogP contribution in [-0.4, -0.2) is 12.4 Å². The van der Waals surface area contributed by atoms with Crippen LogP contribution in [0.3, 0.4) is 0 Å². The molecule has 4 fully saturated rings. The van der Waals surface area contributed by atoms with Crippen LogP contribution >= 0.6 is 0 Å². The fraction of sp³-hybridized carbons (Fsp3) is 0.727. The number of rotatable bonds is 5. The smallest absolute Gasteiger partial charge is 0.197 e. The van der Waals surface area contributed by atoms with Gasteiger partial charge in [0.05, 0.1) is 6.10 Å². The van der Waals surface area contributed by atoms with E-state index in [9.17, 15) is 0 Å². The van der Waals surface area contributed by atoms with Gasteiger partial charge in [-0.3, -0.25) is 0 Å². The maximum Gasteiger partial charge on any atom is 0.197 e. The highest BCUT2D eigenvalue weighted by molar-refractivity contribution is 5.27. The van der Waals surface area contributed by atoms with E-state index >= 15 is 0 Å². The maximum absolute atomic E-state index is 6.40. The summed E-state index contributed by atoms with van der Waals surface area (Å²) < 4.78 is 12.4. The van der Waals surface area contributed by atoms with Gasteiger partial charge in [-0.05, 0) is 98.7 Å². The molecular weight excluding hydrogens is 296 g/mol. The minimum Gasteiger partial charge on any atom is -0.465 e. The molecule has 4 aliphatic rings. The van der Waals surface area contributed by atoms with E-state index in [4.69, 9.17) is 9.47 Å². The largest absolute Gasteiger partial charge is 0.465 e. The maximum atomic E-state index is 6.40. The lowest BCUT2D eigenvalue weighted by Crippen LogP contribution is -2.38. The van der Waals surface area contributed by atoms with E-state index in [1.165, 1.54) is 37.7 Å². The first-order valence-corrected chi connectivity index (χ1v) is 10.1. The summed E-state index contributed by atoms with van der Waals surface area (Å²) in [5.41, 5.74) is 1.35. The van der Waals surface area contributed by atoms with Crippen molar-refractivity contribution in [1.82, 2.24) is 0 Å². The summed E-state index contributed by atoms with van der Waals surface area (Å²) in [5.74, 6) is 6.86. The van der Waals surface area contributed by atoms with E-state index in [0.29, 0.717) is 6.10 Å². The standard InChI is InChI=1S/C22H30O2/c1-3-14-4-8-18(9-5-14)23-13(2)24-20-12-17-11-19(20)22-16-7-6-15(10-16)21(17)22/h4-5,8-9,13,15-17,19-22H,3,6-7,10-12H2,1-2H3. The molecule has 8 atom stereocenters. The highest BCUT2D eigenvalue weighted by atomic mass is 16.7. The van der Waals surface area contributed by atoms with E-state index in [-0.39, 0.29) is 6.29 Å². The second kappa shape index (κ2) is 5.76. The van der Waals surface area contributed by atoms with Crippen molar-refractivity contribution in [3.63, 3.8) is 0 Å². The van der Waals surface area contributed by atoms with Crippen LogP contribution in [0, 0.1) is 35.5 Å². The SMILES string of the molecule is CCc1ccc(OC(C)OC2CC3CC2C2C4CCC(C4)C32)cc1. The first kappa shape index (κ1) is 15.3. The van der Waals surface area contributed by atoms with Crippen molar-refractivity contribution in [2.45, 2.75) is 64.8 Å². The van der Waals surface area contributed by atoms with Gasteiger partial charge in [-0.1, -0.05) is 19.1 Å². The minimum atomic E-state index is -0.140. The van der Waals surface area contributed by atoms with Gasteiger partial charge in [0.1, 0.15) is 5.75 Å². The van der Waals surface area contributed by atoms with Crippen LogP contribution in [0.4, 0.5) is 0 Å². The molecule has 0 amide bonds. The van der Waals surface area contributed by atoms with Crippen LogP contribution in [0.5, 0.6) is 5.75 Å². The summed E-state index contributed by atoms with van der Waals surface area (Å²) in [7, 11) is 0. The molecule has 0 saturated heterocycles. The molecule has 2 nitrogen and oxygen atoms in total. The number of benzene rings is 1. The number of aryl methyl sites for hydroxylation is 1. The second-order valence-electron chi connectivity index (χ2n) is 8.74. The van der Waals surface area contributed by atoms with Gasteiger partial charge < -0.3 is 9.47 Å². The van der Waals surface area contributed by atoms with Crippen molar-refractivity contribution in [1.29, 1.82) is 0 Å². The Morgan fingerprint density at radius 3 is 2.46 bits per heavy atom. The van der Waals surface area contributed by atoms with Crippen LogP contribution in [0.2, 0.25) is 0 Å². The van der Waals surface area contributed by atoms with Crippen molar-refractivity contribution >= 4 is 0 Å². The molecule has 8 unspecified atom stereocenters. The molecule has 0 aliphatic heterocycles. The Kier molecular flexibility index (Phi) is 3.66. The van der Waals surface area contributed by atoms with E-state index in [1.807, 2.05) is 0 Å². The molecule has 0 N–H and O–H groups in total. The van der Waals surface area contributed by atoms with Gasteiger partial charge in [0.25, 0.3) is 0 Å². The number of hydrogen-bond acceptors (Lipinski definition) is 2. The summed E-state index contributed by atoms with van der Waals surface area (Å²) >= 11 is 0. The predicted octanol–water partition coefficient (Wildman–Crippen LogP) is 5.06. The summed E-state index contributed by atoms with van der Waals surface area (Å²) in [6, 6.07) is 8.45. The van der Waals surface area contributed by atoms with Gasteiger partial charge in [-0.25, -0.2) is 0 Å². The van der Waals surface area contributed by atoms with Crippen molar-refractivity contribution in [2.24, 2.45) is 35.5 Å². The van der Waals surface area contributed by atoms with E-state index < -0.39 is 0 Å². The van der Waals surface area contributed by atoms with Crippen molar-refractivity contribution in [3.8, 4) is 5.75 Å². The molecule has 0 spiro atoms. The van der Waals surface area contributed by atoms with Crippen LogP contribution in [-0.2, 0) is 11.2 Å². The Hall–Kier alpha value is -1.02. The van der Waals surface area contributed by atoms with Gasteiger partial charge in [0, 0.05) is 0 Å². The molecule has 1 aromatic rings. The van der Waals surface area contributed by atoms with Crippen molar-refractivity contribution < 1.29 is 9.47 Å². The molecule has 0 heterocycles. The number of ether oxygens (including phenoxy) is 2. The molecular formula is C22H30O2. The van der Waals surface area contributed by atoms with Crippen LogP contribution in [0.1, 0.15) is 51.5 Å². The van der Waals surface area contributed by atoms with Crippen LogP contribution < -0.4 is 4.74 Å². The molecule has 24 heavy (non-hydrogen) atoms. The molecule has 0 aromatic heterocycles. The third-order valence-corrected chi connectivity index (χ3v) is 7.67. The fourth-order valence-corrected chi connectivity index (χ4v) is 6.93. The Morgan fingerprint density at radius 1 is 0.958 bits per heavy atom. The van der Waals surface area contributed by atoms with Crippen molar-refractivity contribution in [2.75, 3.05) is 0 Å². The number of fused-ring (bicyclic) bond motifs is 9. The van der Waals surface area contributed by atoms with E-state index in [0.717, 1.165) is 47.7 Å². The zero-order chi connectivity index (χ0) is 16.3. The summed E-state index contributed by atoms with van der Waals surface area (Å²) in [4.78, 5) is 0. The average molecular weight is 326 g/mol. The number of hydrogen-bond donors (Lipinski definition) is 0. The Balaban J connectivity index is 1.21. The van der Waals surface area contributed by atoms with E-state index in [2.05, 4.69) is 38.1 Å². The summed E-state index contributed by atoms with van der Waals surface area (Å²) in [6.45, 7) is 4.25. The highest BCUT2D eigenvalue weighted by Crippen LogP contribution is 2.67. The lowest BCUT2D eigenvalue weighted by molar-refractivity contribution is -0.137. The predicted molar refractivity (Wildman–Crippen MR) is 94.8 cm³/mol. The first-order valence-electron chi connectivity index (χ1n) is 10.1. The summed E-state index contributed by atoms with van der Waals surface area (Å²) in [6.07, 6.45) is 8.65. The van der Waals surface area contributed by atoms with Crippen LogP contribution in [0.25, 0.3) is 0 Å². The second-order valence-corrected chi connectivity index (χ2v) is 8.74. The Morgan fingerprint density at radius 2 is 1.71 bits per heavy atom. The van der Waals surface area contributed by atoms with Gasteiger partial charge >= 0.3 is 0 Å². The fourth-order valence-electron chi connectivity index (χ4n) is 6.93. The first-order chi connectivity index (χ1) is 11.7. The molecule has 130 valence electrons. The van der Waals surface area contributed by atoms with Gasteiger partial charge in [0.2, 0.25) is 0 Å². The Bertz CT molecular complexity index is 594. The average Bonchev–Trinajstić information content (AvgIpc) is 3.34. The van der Waals surface area contributed by atoms with Gasteiger partial charge in [-0.15, -0.1) is 0 Å². The van der Waals surface area contributed by atoms with Gasteiger partial charge in [-0.2, -0.15) is 0 Å². The highest BCUT2D eigenvalue weighted by Gasteiger charge is 2.62. The molecule has 4 saturated carbocycles. The molecule has 1 aromatic carbocycles. The van der Waals surface area contributed by atoms with Crippen molar-refractivity contribution in [3.05, 3.63) is 29.8 Å². The monoisotopic (exact) mass is 326 g/mol. The third kappa shape index (κ3) is 2.33. The van der Waals surface area contributed by atoms with Crippen LogP contribution in [0.15, 0.2) is 24.3 Å². The molecule has 5 rings (SSSR count). The molecule has 4 bridgehead atoms. The topological polar surface area (TPSA) is 18.5 Å². The quantitative estimate of drug-likeness (QED) is 0.556. The lowest BCUT2D eigenvalue weighted by Gasteiger charge is -2.39. The molecule has 4 aliphatic carbocycles. The Labute approximate surface area is 145 Å². The van der Waals surface area contributed by atoms with Gasteiger partial charge in [0.15, 0.2) is 6.29 Å². The zero-order valence-electron chi connectivity index (χ0n) is 15.0. The normalized spacial score (nSPS) is 43.2. The summed E-state index contributed by atoms with van der Waals surface area (Å²) in [5, 5.41) is 0.